The van der Waals surface area contributed by atoms with E-state index in [1.807, 2.05) is 0 Å². The normalized spacial score (nSPS) is 13.2. The maximum atomic E-state index is 14.3. The summed E-state index contributed by atoms with van der Waals surface area (Å²) in [5.41, 5.74) is 2.75. The number of hydrogen-bond donors (Lipinski definition) is 2. The Morgan fingerprint density at radius 2 is 2.07 bits per heavy atom. The fraction of sp³-hybridized carbons (Fsp3) is 0.167. The minimum atomic E-state index is -0.468. The second-order valence-corrected chi connectivity index (χ2v) is 6.55. The van der Waals surface area contributed by atoms with Crippen molar-refractivity contribution in [2.24, 2.45) is 0 Å². The fourth-order valence-electron chi connectivity index (χ4n) is 2.89. The third kappa shape index (κ3) is 3.61. The highest BCUT2D eigenvalue weighted by atomic mass is 35.5. The Morgan fingerprint density at radius 1 is 1.22 bits per heavy atom. The molecule has 4 rings (SSSR count). The molecular weight excluding hydrogens is 376 g/mol. The van der Waals surface area contributed by atoms with Crippen molar-refractivity contribution in [2.75, 3.05) is 10.6 Å². The molecule has 0 radical (unpaired) electrons. The highest BCUT2D eigenvalue weighted by molar-refractivity contribution is 6.32. The fourth-order valence-corrected chi connectivity index (χ4v) is 3.14. The van der Waals surface area contributed by atoms with E-state index >= 15 is 0 Å². The lowest BCUT2D eigenvalue weighted by atomic mass is 10.0. The largest absolute Gasteiger partial charge is 0.377 e. The topological polar surface area (TPSA) is 71.8 Å². The molecule has 1 aromatic heterocycles. The molecule has 1 aliphatic rings. The SMILES string of the molecule is O=C1CCc2cc(NCc3cn(-c4ccc(F)cc4Cl)nn3)c(F)cc2N1. The molecule has 0 spiro atoms. The number of halogens is 3. The Labute approximate surface area is 158 Å². The third-order valence-corrected chi connectivity index (χ3v) is 4.55. The van der Waals surface area contributed by atoms with Crippen molar-refractivity contribution in [1.29, 1.82) is 0 Å². The van der Waals surface area contributed by atoms with Crippen LogP contribution in [0.5, 0.6) is 0 Å². The number of hydrogen-bond acceptors (Lipinski definition) is 4. The minimum absolute atomic E-state index is 0.112. The number of rotatable bonds is 4. The van der Waals surface area contributed by atoms with E-state index in [2.05, 4.69) is 20.9 Å². The van der Waals surface area contributed by atoms with Gasteiger partial charge in [-0.1, -0.05) is 16.8 Å². The molecule has 2 N–H and O–H groups in total. The lowest BCUT2D eigenvalue weighted by molar-refractivity contribution is -0.116. The van der Waals surface area contributed by atoms with Gasteiger partial charge >= 0.3 is 0 Å². The Balaban J connectivity index is 1.50. The number of aromatic nitrogens is 3. The summed E-state index contributed by atoms with van der Waals surface area (Å²) < 4.78 is 28.8. The summed E-state index contributed by atoms with van der Waals surface area (Å²) in [6.45, 7) is 0.237. The van der Waals surface area contributed by atoms with E-state index in [-0.39, 0.29) is 17.5 Å². The highest BCUT2D eigenvalue weighted by Gasteiger charge is 2.17. The van der Waals surface area contributed by atoms with Gasteiger partial charge in [0.2, 0.25) is 5.91 Å². The number of nitrogens with one attached hydrogen (secondary N) is 2. The second kappa shape index (κ2) is 6.96. The summed E-state index contributed by atoms with van der Waals surface area (Å²) in [5.74, 6) is -1.02. The molecule has 0 fully saturated rings. The average molecular weight is 390 g/mol. The minimum Gasteiger partial charge on any atom is -0.377 e. The Kier molecular flexibility index (Phi) is 4.49. The summed E-state index contributed by atoms with van der Waals surface area (Å²) in [6.07, 6.45) is 2.57. The van der Waals surface area contributed by atoms with E-state index in [1.165, 1.54) is 28.9 Å². The van der Waals surface area contributed by atoms with Gasteiger partial charge in [-0.05, 0) is 42.3 Å². The summed E-state index contributed by atoms with van der Waals surface area (Å²) in [5, 5.41) is 13.8. The molecule has 1 amide bonds. The van der Waals surface area contributed by atoms with Crippen LogP contribution in [0.15, 0.2) is 36.5 Å². The average Bonchev–Trinajstić information content (AvgIpc) is 3.08. The molecule has 0 bridgehead atoms. The van der Waals surface area contributed by atoms with Gasteiger partial charge in [0.1, 0.15) is 17.3 Å². The monoisotopic (exact) mass is 389 g/mol. The standard InChI is InChI=1S/C18H14ClF2N5O/c19-13-6-11(20)2-3-17(13)26-9-12(24-25-26)8-22-16-5-10-1-4-18(27)23-15(10)7-14(16)21/h2-3,5-7,9,22H,1,4,8H2,(H,23,27). The molecule has 27 heavy (non-hydrogen) atoms. The van der Waals surface area contributed by atoms with Gasteiger partial charge in [0.05, 0.1) is 29.1 Å². The molecule has 0 saturated heterocycles. The van der Waals surface area contributed by atoms with Crippen LogP contribution in [0.2, 0.25) is 5.02 Å². The Morgan fingerprint density at radius 3 is 2.89 bits per heavy atom. The predicted octanol–water partition coefficient (Wildman–Crippen LogP) is 3.70. The number of fused-ring (bicyclic) bond motifs is 1. The summed E-state index contributed by atoms with van der Waals surface area (Å²) >= 11 is 6.02. The zero-order valence-electron chi connectivity index (χ0n) is 14.0. The van der Waals surface area contributed by atoms with Crippen molar-refractivity contribution >= 4 is 28.9 Å². The lowest BCUT2D eigenvalue weighted by Gasteiger charge is -2.18. The first-order chi connectivity index (χ1) is 13.0. The third-order valence-electron chi connectivity index (χ3n) is 4.25. The van der Waals surface area contributed by atoms with Gasteiger partial charge in [-0.15, -0.1) is 5.10 Å². The van der Waals surface area contributed by atoms with Crippen LogP contribution in [0.1, 0.15) is 17.7 Å². The molecule has 6 nitrogen and oxygen atoms in total. The van der Waals surface area contributed by atoms with Crippen molar-refractivity contribution in [3.8, 4) is 5.69 Å². The molecule has 0 unspecified atom stereocenters. The van der Waals surface area contributed by atoms with Crippen molar-refractivity contribution in [1.82, 2.24) is 15.0 Å². The van der Waals surface area contributed by atoms with Crippen LogP contribution in [0.4, 0.5) is 20.2 Å². The maximum absolute atomic E-state index is 14.3. The van der Waals surface area contributed by atoms with Crippen LogP contribution in [0.3, 0.4) is 0 Å². The molecule has 1 aliphatic heterocycles. The van der Waals surface area contributed by atoms with E-state index in [0.717, 1.165) is 5.56 Å². The zero-order valence-corrected chi connectivity index (χ0v) is 14.7. The van der Waals surface area contributed by atoms with Crippen LogP contribution >= 0.6 is 11.6 Å². The molecule has 138 valence electrons. The van der Waals surface area contributed by atoms with Gasteiger partial charge in [0.15, 0.2) is 0 Å². The molecule has 0 aliphatic carbocycles. The summed E-state index contributed by atoms with van der Waals surface area (Å²) in [7, 11) is 0. The first kappa shape index (κ1) is 17.4. The van der Waals surface area contributed by atoms with Crippen molar-refractivity contribution < 1.29 is 13.6 Å². The van der Waals surface area contributed by atoms with E-state index < -0.39 is 11.6 Å². The molecule has 0 saturated carbocycles. The van der Waals surface area contributed by atoms with Crippen molar-refractivity contribution in [2.45, 2.75) is 19.4 Å². The van der Waals surface area contributed by atoms with E-state index in [4.69, 9.17) is 11.6 Å². The van der Waals surface area contributed by atoms with Gasteiger partial charge in [-0.3, -0.25) is 4.79 Å². The van der Waals surface area contributed by atoms with Gasteiger partial charge in [-0.2, -0.15) is 0 Å². The number of nitrogens with zero attached hydrogens (tertiary/aromatic N) is 3. The first-order valence-corrected chi connectivity index (χ1v) is 8.60. The lowest BCUT2D eigenvalue weighted by Crippen LogP contribution is -2.19. The van der Waals surface area contributed by atoms with Gasteiger partial charge < -0.3 is 10.6 Å². The first-order valence-electron chi connectivity index (χ1n) is 8.22. The molecule has 2 heterocycles. The number of aryl methyl sites for hydroxylation is 1. The molecule has 3 aromatic rings. The van der Waals surface area contributed by atoms with Crippen LogP contribution in [0, 0.1) is 11.6 Å². The highest BCUT2D eigenvalue weighted by Crippen LogP contribution is 2.28. The van der Waals surface area contributed by atoms with Crippen LogP contribution < -0.4 is 10.6 Å². The maximum Gasteiger partial charge on any atom is 0.224 e. The number of anilines is 2. The second-order valence-electron chi connectivity index (χ2n) is 6.14. The Hall–Kier alpha value is -3.00. The van der Waals surface area contributed by atoms with Gasteiger partial charge in [0, 0.05) is 12.1 Å². The molecule has 2 aromatic carbocycles. The van der Waals surface area contributed by atoms with Crippen molar-refractivity contribution in [3.63, 3.8) is 0 Å². The van der Waals surface area contributed by atoms with Gasteiger partial charge in [0.25, 0.3) is 0 Å². The van der Waals surface area contributed by atoms with E-state index in [1.54, 1.807) is 12.3 Å². The molecular formula is C18H14ClF2N5O. The number of carbonyl (C=O) groups excluding carboxylic acids is 1. The number of benzene rings is 2. The zero-order chi connectivity index (χ0) is 19.0. The molecule has 0 atom stereocenters. The number of carbonyl (C=O) groups is 1. The van der Waals surface area contributed by atoms with Gasteiger partial charge in [-0.25, -0.2) is 13.5 Å². The van der Waals surface area contributed by atoms with E-state index in [0.29, 0.717) is 35.6 Å². The predicted molar refractivity (Wildman–Crippen MR) is 97.0 cm³/mol. The van der Waals surface area contributed by atoms with Crippen LogP contribution in [0.25, 0.3) is 5.69 Å². The smallest absolute Gasteiger partial charge is 0.224 e. The quantitative estimate of drug-likeness (QED) is 0.713. The number of amides is 1. The molecule has 9 heteroatoms. The van der Waals surface area contributed by atoms with Crippen LogP contribution in [-0.4, -0.2) is 20.9 Å². The summed E-state index contributed by atoms with van der Waals surface area (Å²) in [4.78, 5) is 11.4. The Bertz CT molecular complexity index is 1040. The van der Waals surface area contributed by atoms with E-state index in [9.17, 15) is 13.6 Å². The van der Waals surface area contributed by atoms with Crippen LogP contribution in [-0.2, 0) is 17.8 Å². The van der Waals surface area contributed by atoms with Crippen molar-refractivity contribution in [3.05, 3.63) is 64.4 Å². The summed E-state index contributed by atoms with van der Waals surface area (Å²) in [6, 6.07) is 6.97.